The van der Waals surface area contributed by atoms with Crippen molar-refractivity contribution >= 4 is 23.5 Å². The summed E-state index contributed by atoms with van der Waals surface area (Å²) in [5.74, 6) is -3.23. The predicted octanol–water partition coefficient (Wildman–Crippen LogP) is 1.82. The first-order valence-electron chi connectivity index (χ1n) is 7.96. The molecule has 2 aliphatic heterocycles. The summed E-state index contributed by atoms with van der Waals surface area (Å²) >= 11 is 0. The molecule has 0 saturated carbocycles. The van der Waals surface area contributed by atoms with Gasteiger partial charge in [0.15, 0.2) is 0 Å². The summed E-state index contributed by atoms with van der Waals surface area (Å²) in [5, 5.41) is 11.8. The lowest BCUT2D eigenvalue weighted by molar-refractivity contribution is -0.147. The molecule has 7 heteroatoms. The van der Waals surface area contributed by atoms with Crippen LogP contribution in [0, 0.1) is 17.7 Å². The van der Waals surface area contributed by atoms with E-state index in [2.05, 4.69) is 5.32 Å². The van der Waals surface area contributed by atoms with E-state index in [-0.39, 0.29) is 30.7 Å². The molecule has 6 nitrogen and oxygen atoms in total. The van der Waals surface area contributed by atoms with Crippen LogP contribution in [-0.4, -0.2) is 40.9 Å². The molecule has 24 heavy (non-hydrogen) atoms. The van der Waals surface area contributed by atoms with Crippen LogP contribution in [0.2, 0.25) is 0 Å². The van der Waals surface area contributed by atoms with Gasteiger partial charge in [-0.15, -0.1) is 0 Å². The van der Waals surface area contributed by atoms with Crippen LogP contribution in [0.1, 0.15) is 31.2 Å². The summed E-state index contributed by atoms with van der Waals surface area (Å²) in [6.07, 6.45) is 0.520. The van der Waals surface area contributed by atoms with Gasteiger partial charge in [0.25, 0.3) is 0 Å². The molecular formula is C17H19FN2O4. The molecule has 128 valence electrons. The summed E-state index contributed by atoms with van der Waals surface area (Å²) in [5.41, 5.74) is 0.885. The highest BCUT2D eigenvalue weighted by atomic mass is 19.1. The Kier molecular flexibility index (Phi) is 4.26. The number of nitrogens with one attached hydrogen (secondary N) is 1. The Hall–Kier alpha value is -2.44. The number of carboxylic acids is 1. The highest BCUT2D eigenvalue weighted by Gasteiger charge is 2.38. The molecule has 1 saturated heterocycles. The Morgan fingerprint density at radius 2 is 2.08 bits per heavy atom. The number of carbonyl (C=O) groups is 3. The highest BCUT2D eigenvalue weighted by Crippen LogP contribution is 2.35. The van der Waals surface area contributed by atoms with Crippen molar-refractivity contribution in [3.63, 3.8) is 0 Å². The monoisotopic (exact) mass is 334 g/mol. The van der Waals surface area contributed by atoms with Gasteiger partial charge in [-0.1, -0.05) is 13.0 Å². The number of hydrogen-bond acceptors (Lipinski definition) is 3. The standard InChI is InChI=1S/C17H19FN2O4/c1-9-4-10(17(23)24)8-20(7-9)16(22)13-6-15(21)19-14-5-11(18)2-3-12(13)14/h2-3,5,9-10,13H,4,6-8H2,1H3,(H,19,21)(H,23,24). The van der Waals surface area contributed by atoms with E-state index in [9.17, 15) is 23.9 Å². The highest BCUT2D eigenvalue weighted by molar-refractivity contribution is 6.01. The van der Waals surface area contributed by atoms with Crippen molar-refractivity contribution in [2.75, 3.05) is 18.4 Å². The molecule has 0 aliphatic carbocycles. The number of carboxylic acid groups (broad SMARTS) is 1. The van der Waals surface area contributed by atoms with Crippen LogP contribution in [0.15, 0.2) is 18.2 Å². The molecule has 1 aromatic rings. The van der Waals surface area contributed by atoms with Gasteiger partial charge in [0.2, 0.25) is 11.8 Å². The number of anilines is 1. The predicted molar refractivity (Wildman–Crippen MR) is 83.9 cm³/mol. The second-order valence-corrected chi connectivity index (χ2v) is 6.66. The summed E-state index contributed by atoms with van der Waals surface area (Å²) in [6.45, 7) is 2.52. The Morgan fingerprint density at radius 1 is 1.33 bits per heavy atom. The number of halogens is 1. The third-order valence-corrected chi connectivity index (χ3v) is 4.67. The van der Waals surface area contributed by atoms with Crippen molar-refractivity contribution in [3.8, 4) is 0 Å². The van der Waals surface area contributed by atoms with Gasteiger partial charge in [0, 0.05) is 25.2 Å². The number of likely N-dealkylation sites (tertiary alicyclic amines) is 1. The van der Waals surface area contributed by atoms with Gasteiger partial charge in [-0.05, 0) is 30.0 Å². The molecular weight excluding hydrogens is 315 g/mol. The van der Waals surface area contributed by atoms with Crippen molar-refractivity contribution in [1.82, 2.24) is 4.90 Å². The first kappa shape index (κ1) is 16.4. The van der Waals surface area contributed by atoms with Gasteiger partial charge in [0.1, 0.15) is 5.82 Å². The Morgan fingerprint density at radius 3 is 2.79 bits per heavy atom. The first-order chi connectivity index (χ1) is 11.3. The Bertz CT molecular complexity index is 706. The average molecular weight is 334 g/mol. The van der Waals surface area contributed by atoms with Crippen molar-refractivity contribution in [3.05, 3.63) is 29.6 Å². The summed E-state index contributed by atoms with van der Waals surface area (Å²) < 4.78 is 13.4. The Balaban J connectivity index is 1.87. The number of nitrogens with zero attached hydrogens (tertiary/aromatic N) is 1. The molecule has 0 bridgehead atoms. The third-order valence-electron chi connectivity index (χ3n) is 4.67. The maximum Gasteiger partial charge on any atom is 0.308 e. The van der Waals surface area contributed by atoms with Gasteiger partial charge >= 0.3 is 5.97 Å². The second kappa shape index (κ2) is 6.22. The van der Waals surface area contributed by atoms with E-state index in [0.29, 0.717) is 24.2 Å². The van der Waals surface area contributed by atoms with Crippen LogP contribution in [-0.2, 0) is 14.4 Å². The van der Waals surface area contributed by atoms with Crippen LogP contribution in [0.25, 0.3) is 0 Å². The lowest BCUT2D eigenvalue weighted by atomic mass is 9.86. The number of aliphatic carboxylic acids is 1. The lowest BCUT2D eigenvalue weighted by Gasteiger charge is -2.37. The van der Waals surface area contributed by atoms with Crippen molar-refractivity contribution < 1.29 is 23.9 Å². The average Bonchev–Trinajstić information content (AvgIpc) is 2.52. The fourth-order valence-electron chi connectivity index (χ4n) is 3.59. The summed E-state index contributed by atoms with van der Waals surface area (Å²) in [6, 6.07) is 3.97. The molecule has 2 heterocycles. The number of carbonyl (C=O) groups excluding carboxylic acids is 2. The molecule has 1 aromatic carbocycles. The maximum atomic E-state index is 13.4. The van der Waals surface area contributed by atoms with Crippen LogP contribution >= 0.6 is 0 Å². The normalized spacial score (nSPS) is 26.5. The van der Waals surface area contributed by atoms with Crippen LogP contribution in [0.4, 0.5) is 10.1 Å². The zero-order valence-electron chi connectivity index (χ0n) is 13.3. The molecule has 1 fully saturated rings. The molecule has 3 unspecified atom stereocenters. The number of hydrogen-bond donors (Lipinski definition) is 2. The smallest absolute Gasteiger partial charge is 0.308 e. The second-order valence-electron chi connectivity index (χ2n) is 6.66. The fourth-order valence-corrected chi connectivity index (χ4v) is 3.59. The van der Waals surface area contributed by atoms with E-state index in [1.807, 2.05) is 6.92 Å². The topological polar surface area (TPSA) is 86.7 Å². The van der Waals surface area contributed by atoms with E-state index in [1.165, 1.54) is 23.1 Å². The van der Waals surface area contributed by atoms with E-state index in [1.54, 1.807) is 0 Å². The Labute approximate surface area is 138 Å². The molecule has 3 atom stereocenters. The largest absolute Gasteiger partial charge is 0.481 e. The molecule has 0 aromatic heterocycles. The zero-order valence-corrected chi connectivity index (χ0v) is 13.3. The van der Waals surface area contributed by atoms with E-state index in [0.717, 1.165) is 0 Å². The SMILES string of the molecule is CC1CC(C(=O)O)CN(C(=O)C2CC(=O)Nc3cc(F)ccc32)C1. The van der Waals surface area contributed by atoms with Crippen LogP contribution in [0.3, 0.4) is 0 Å². The number of piperidine rings is 1. The number of amides is 2. The maximum absolute atomic E-state index is 13.4. The molecule has 2 aliphatic rings. The lowest BCUT2D eigenvalue weighted by Crippen LogP contribution is -2.48. The van der Waals surface area contributed by atoms with E-state index in [4.69, 9.17) is 0 Å². The van der Waals surface area contributed by atoms with Gasteiger partial charge < -0.3 is 15.3 Å². The summed E-state index contributed by atoms with van der Waals surface area (Å²) in [7, 11) is 0. The van der Waals surface area contributed by atoms with Crippen molar-refractivity contribution in [1.29, 1.82) is 0 Å². The first-order valence-corrected chi connectivity index (χ1v) is 7.96. The van der Waals surface area contributed by atoms with Gasteiger partial charge in [-0.2, -0.15) is 0 Å². The molecule has 3 rings (SSSR count). The van der Waals surface area contributed by atoms with E-state index < -0.39 is 23.6 Å². The van der Waals surface area contributed by atoms with Gasteiger partial charge in [-0.3, -0.25) is 14.4 Å². The van der Waals surface area contributed by atoms with Crippen LogP contribution in [0.5, 0.6) is 0 Å². The molecule has 0 radical (unpaired) electrons. The van der Waals surface area contributed by atoms with Crippen LogP contribution < -0.4 is 5.32 Å². The van der Waals surface area contributed by atoms with E-state index >= 15 is 0 Å². The quantitative estimate of drug-likeness (QED) is 0.864. The molecule has 2 amide bonds. The minimum Gasteiger partial charge on any atom is -0.481 e. The van der Waals surface area contributed by atoms with Gasteiger partial charge in [0.05, 0.1) is 11.8 Å². The molecule has 0 spiro atoms. The van der Waals surface area contributed by atoms with Crippen molar-refractivity contribution in [2.24, 2.45) is 11.8 Å². The third kappa shape index (κ3) is 3.11. The minimum atomic E-state index is -0.914. The minimum absolute atomic E-state index is 0.0138. The zero-order chi connectivity index (χ0) is 17.4. The summed E-state index contributed by atoms with van der Waals surface area (Å²) in [4.78, 5) is 37.6. The number of benzene rings is 1. The van der Waals surface area contributed by atoms with Crippen molar-refractivity contribution in [2.45, 2.75) is 25.7 Å². The fraction of sp³-hybridized carbons (Fsp3) is 0.471. The number of fused-ring (bicyclic) bond motifs is 1. The van der Waals surface area contributed by atoms with Gasteiger partial charge in [-0.25, -0.2) is 4.39 Å². The number of rotatable bonds is 2. The molecule has 2 N–H and O–H groups in total.